The maximum Gasteiger partial charge on any atom is 0.214 e. The minimum atomic E-state index is 0.0616. The van der Waals surface area contributed by atoms with Crippen LogP contribution in [0, 0.1) is 13.8 Å². The summed E-state index contributed by atoms with van der Waals surface area (Å²) in [4.78, 5) is 12.8. The first kappa shape index (κ1) is 19.3. The van der Waals surface area contributed by atoms with Crippen molar-refractivity contribution in [3.05, 3.63) is 53.3 Å². The molecule has 8 heteroatoms. The molecule has 0 saturated carbocycles. The van der Waals surface area contributed by atoms with Crippen LogP contribution in [0.2, 0.25) is 0 Å². The first-order valence-corrected chi connectivity index (χ1v) is 9.68. The lowest BCUT2D eigenvalue weighted by Gasteiger charge is -2.17. The average molecular weight is 385 g/mol. The fraction of sp³-hybridized carbons (Fsp3) is 0.368. The van der Waals surface area contributed by atoms with Crippen LogP contribution in [0.15, 0.2) is 41.6 Å². The zero-order valence-electron chi connectivity index (χ0n) is 15.9. The highest BCUT2D eigenvalue weighted by molar-refractivity contribution is 7.99. The van der Waals surface area contributed by atoms with Gasteiger partial charge in [0.25, 0.3) is 0 Å². The van der Waals surface area contributed by atoms with E-state index in [2.05, 4.69) is 27.0 Å². The molecule has 1 aromatic carbocycles. The number of ether oxygens (including phenoxy) is 1. The van der Waals surface area contributed by atoms with Crippen LogP contribution in [-0.2, 0) is 4.74 Å². The van der Waals surface area contributed by atoms with Crippen LogP contribution in [-0.4, -0.2) is 50.0 Å². The number of aromatic nitrogens is 5. The largest absolute Gasteiger partial charge is 0.383 e. The van der Waals surface area contributed by atoms with Crippen molar-refractivity contribution in [2.75, 3.05) is 19.5 Å². The van der Waals surface area contributed by atoms with Crippen LogP contribution in [0.4, 0.5) is 0 Å². The molecule has 0 aliphatic carbocycles. The number of aryl methyl sites for hydroxylation is 1. The number of carbonyl (C=O) groups excluding carboxylic acids is 1. The Kier molecular flexibility index (Phi) is 6.08. The van der Waals surface area contributed by atoms with E-state index in [0.29, 0.717) is 11.8 Å². The van der Waals surface area contributed by atoms with E-state index in [1.165, 1.54) is 11.8 Å². The van der Waals surface area contributed by atoms with Gasteiger partial charge in [0.05, 0.1) is 24.1 Å². The molecule has 1 unspecified atom stereocenters. The third kappa shape index (κ3) is 4.12. The first-order chi connectivity index (χ1) is 13.0. The predicted molar refractivity (Wildman–Crippen MR) is 105 cm³/mol. The number of para-hydroxylation sites is 1. The summed E-state index contributed by atoms with van der Waals surface area (Å²) < 4.78 is 9.04. The Morgan fingerprint density at radius 1 is 1.26 bits per heavy atom. The Balaban J connectivity index is 1.75. The maximum atomic E-state index is 12.8. The first-order valence-electron chi connectivity index (χ1n) is 8.70. The Morgan fingerprint density at radius 2 is 2.00 bits per heavy atom. The molecule has 1 atom stereocenters. The summed E-state index contributed by atoms with van der Waals surface area (Å²) >= 11 is 1.34. The summed E-state index contributed by atoms with van der Waals surface area (Å²) in [7, 11) is 1.68. The highest BCUT2D eigenvalue weighted by atomic mass is 32.2. The van der Waals surface area contributed by atoms with Gasteiger partial charge in [-0.3, -0.25) is 4.79 Å². The lowest BCUT2D eigenvalue weighted by molar-refractivity contribution is 0.102. The summed E-state index contributed by atoms with van der Waals surface area (Å²) in [5, 5.41) is 12.4. The van der Waals surface area contributed by atoms with Gasteiger partial charge < -0.3 is 9.30 Å². The van der Waals surface area contributed by atoms with Gasteiger partial charge in [0, 0.05) is 24.1 Å². The molecule has 0 fully saturated rings. The molecule has 0 saturated heterocycles. The summed E-state index contributed by atoms with van der Waals surface area (Å²) in [6, 6.07) is 11.8. The second-order valence-electron chi connectivity index (χ2n) is 6.38. The number of rotatable bonds is 8. The molecular weight excluding hydrogens is 362 g/mol. The van der Waals surface area contributed by atoms with Crippen LogP contribution < -0.4 is 0 Å². The third-order valence-corrected chi connectivity index (χ3v) is 5.33. The second kappa shape index (κ2) is 8.49. The van der Waals surface area contributed by atoms with Crippen LogP contribution >= 0.6 is 11.8 Å². The number of tetrazole rings is 1. The quantitative estimate of drug-likeness (QED) is 0.438. The number of hydrogen-bond acceptors (Lipinski definition) is 6. The molecule has 0 amide bonds. The minimum absolute atomic E-state index is 0.0616. The summed E-state index contributed by atoms with van der Waals surface area (Å²) in [6.45, 7) is 6.68. The zero-order chi connectivity index (χ0) is 19.4. The molecule has 0 aliphatic heterocycles. The van der Waals surface area contributed by atoms with Crippen LogP contribution in [0.3, 0.4) is 0 Å². The molecule has 0 N–H and O–H groups in total. The molecule has 3 rings (SSSR count). The van der Waals surface area contributed by atoms with Gasteiger partial charge in [-0.1, -0.05) is 30.0 Å². The van der Waals surface area contributed by atoms with E-state index in [1.54, 1.807) is 11.8 Å². The van der Waals surface area contributed by atoms with Crippen molar-refractivity contribution in [3.8, 4) is 5.69 Å². The average Bonchev–Trinajstić information content (AvgIpc) is 3.25. The molecule has 142 valence electrons. The SMILES string of the molecule is COCC(C)n1c(C)cc(C(=O)CSc2nnnn2-c2ccccc2)c1C. The topological polar surface area (TPSA) is 74.8 Å². The number of nitrogens with zero attached hydrogens (tertiary/aromatic N) is 5. The van der Waals surface area contributed by atoms with Gasteiger partial charge >= 0.3 is 0 Å². The van der Waals surface area contributed by atoms with Gasteiger partial charge in [0.15, 0.2) is 5.78 Å². The van der Waals surface area contributed by atoms with E-state index < -0.39 is 0 Å². The molecule has 2 heterocycles. The van der Waals surface area contributed by atoms with Crippen molar-refractivity contribution >= 4 is 17.5 Å². The fourth-order valence-corrected chi connectivity index (χ4v) is 4.04. The monoisotopic (exact) mass is 385 g/mol. The standard InChI is InChI=1S/C19H23N5O2S/c1-13-10-17(15(3)23(13)14(2)11-26-4)18(25)12-27-19-20-21-22-24(19)16-8-6-5-7-9-16/h5-10,14H,11-12H2,1-4H3. The number of ketones is 1. The molecular formula is C19H23N5O2S. The minimum Gasteiger partial charge on any atom is -0.383 e. The van der Waals surface area contributed by atoms with Gasteiger partial charge in [0.1, 0.15) is 0 Å². The Bertz CT molecular complexity index is 920. The lowest BCUT2D eigenvalue weighted by atomic mass is 10.2. The van der Waals surface area contributed by atoms with E-state index in [4.69, 9.17) is 4.74 Å². The zero-order valence-corrected chi connectivity index (χ0v) is 16.7. The molecule has 0 bridgehead atoms. The van der Waals surface area contributed by atoms with E-state index in [1.807, 2.05) is 50.2 Å². The number of thioether (sulfide) groups is 1. The lowest BCUT2D eigenvalue weighted by Crippen LogP contribution is -2.14. The van der Waals surface area contributed by atoms with E-state index >= 15 is 0 Å². The fourth-order valence-electron chi connectivity index (χ4n) is 3.26. The van der Waals surface area contributed by atoms with E-state index in [0.717, 1.165) is 22.6 Å². The predicted octanol–water partition coefficient (Wildman–Crippen LogP) is 3.26. The molecule has 0 radical (unpaired) electrons. The number of benzene rings is 1. The van der Waals surface area contributed by atoms with Crippen molar-refractivity contribution in [2.24, 2.45) is 0 Å². The van der Waals surface area contributed by atoms with Crippen LogP contribution in [0.5, 0.6) is 0 Å². The summed E-state index contributed by atoms with van der Waals surface area (Å²) in [5.74, 6) is 0.336. The molecule has 0 spiro atoms. The Morgan fingerprint density at radius 3 is 2.70 bits per heavy atom. The van der Waals surface area contributed by atoms with Crippen LogP contribution in [0.1, 0.15) is 34.7 Å². The van der Waals surface area contributed by atoms with E-state index in [9.17, 15) is 4.79 Å². The van der Waals surface area contributed by atoms with Crippen molar-refractivity contribution in [1.82, 2.24) is 24.8 Å². The molecule has 2 aromatic heterocycles. The van der Waals surface area contributed by atoms with Gasteiger partial charge in [-0.25, -0.2) is 0 Å². The molecule has 3 aromatic rings. The number of carbonyl (C=O) groups is 1. The summed E-state index contributed by atoms with van der Waals surface area (Å²) in [5.41, 5.74) is 3.62. The van der Waals surface area contributed by atoms with Crippen molar-refractivity contribution in [3.63, 3.8) is 0 Å². The van der Waals surface area contributed by atoms with Crippen molar-refractivity contribution in [2.45, 2.75) is 32.0 Å². The van der Waals surface area contributed by atoms with Crippen molar-refractivity contribution in [1.29, 1.82) is 0 Å². The van der Waals surface area contributed by atoms with Gasteiger partial charge in [0.2, 0.25) is 5.16 Å². The number of methoxy groups -OCH3 is 1. The number of hydrogen-bond donors (Lipinski definition) is 0. The van der Waals surface area contributed by atoms with Gasteiger partial charge in [-0.15, -0.1) is 5.10 Å². The molecule has 7 nitrogen and oxygen atoms in total. The highest BCUT2D eigenvalue weighted by Crippen LogP contribution is 2.24. The van der Waals surface area contributed by atoms with Crippen molar-refractivity contribution < 1.29 is 9.53 Å². The number of Topliss-reactive ketones (excluding diaryl/α,β-unsaturated/α-hetero) is 1. The van der Waals surface area contributed by atoms with E-state index in [-0.39, 0.29) is 17.6 Å². The normalized spacial score (nSPS) is 12.3. The maximum absolute atomic E-state index is 12.8. The summed E-state index contributed by atoms with van der Waals surface area (Å²) in [6.07, 6.45) is 0. The Labute approximate surface area is 162 Å². The van der Waals surface area contributed by atoms with Gasteiger partial charge in [-0.2, -0.15) is 4.68 Å². The molecule has 27 heavy (non-hydrogen) atoms. The highest BCUT2D eigenvalue weighted by Gasteiger charge is 2.20. The Hall–Kier alpha value is -2.45. The van der Waals surface area contributed by atoms with Gasteiger partial charge in [-0.05, 0) is 49.4 Å². The smallest absolute Gasteiger partial charge is 0.214 e. The molecule has 0 aliphatic rings. The third-order valence-electron chi connectivity index (χ3n) is 4.41. The second-order valence-corrected chi connectivity index (χ2v) is 7.32. The van der Waals surface area contributed by atoms with Crippen LogP contribution in [0.25, 0.3) is 5.69 Å².